The number of benzene rings is 2. The first kappa shape index (κ1) is 22.3. The van der Waals surface area contributed by atoms with Gasteiger partial charge in [-0.05, 0) is 49.9 Å². The van der Waals surface area contributed by atoms with Crippen molar-refractivity contribution >= 4 is 34.4 Å². The van der Waals surface area contributed by atoms with Crippen molar-refractivity contribution in [3.05, 3.63) is 64.1 Å². The third-order valence-electron chi connectivity index (χ3n) is 5.87. The fraction of sp³-hybridized carbons (Fsp3) is 0.318. The molecular formula is C22H17ClF4N2O3. The number of aliphatic carboxylic acids is 1. The molecule has 1 saturated carbocycles. The summed E-state index contributed by atoms with van der Waals surface area (Å²) in [5.74, 6) is -3.52. The number of aromatic nitrogens is 2. The van der Waals surface area contributed by atoms with Crippen LogP contribution >= 0.6 is 11.6 Å². The average Bonchev–Trinajstić information content (AvgIpc) is 3.13. The summed E-state index contributed by atoms with van der Waals surface area (Å²) in [7, 11) is 0. The van der Waals surface area contributed by atoms with Gasteiger partial charge >= 0.3 is 12.1 Å². The van der Waals surface area contributed by atoms with Crippen molar-refractivity contribution in [1.29, 1.82) is 0 Å². The topological polar surface area (TPSA) is 72.2 Å². The van der Waals surface area contributed by atoms with Gasteiger partial charge in [0.05, 0.1) is 38.7 Å². The second-order valence-electron chi connectivity index (χ2n) is 7.78. The van der Waals surface area contributed by atoms with Gasteiger partial charge in [0.25, 0.3) is 5.91 Å². The molecule has 4 rings (SSSR count). The highest BCUT2D eigenvalue weighted by atomic mass is 35.5. The van der Waals surface area contributed by atoms with Gasteiger partial charge in [0.1, 0.15) is 5.82 Å². The normalized spacial score (nSPS) is 19.3. The van der Waals surface area contributed by atoms with Crippen LogP contribution in [0.2, 0.25) is 5.02 Å². The highest BCUT2D eigenvalue weighted by Crippen LogP contribution is 2.40. The maximum absolute atomic E-state index is 14.8. The highest BCUT2D eigenvalue weighted by Gasteiger charge is 2.38. The molecular weight excluding hydrogens is 452 g/mol. The van der Waals surface area contributed by atoms with Gasteiger partial charge in [-0.25, -0.2) is 4.39 Å². The van der Waals surface area contributed by atoms with E-state index in [9.17, 15) is 32.3 Å². The molecule has 0 amide bonds. The Balaban J connectivity index is 1.84. The number of hydrogen-bond donors (Lipinski definition) is 1. The van der Waals surface area contributed by atoms with Crippen LogP contribution in [-0.4, -0.2) is 26.8 Å². The van der Waals surface area contributed by atoms with Gasteiger partial charge in [0.15, 0.2) is 0 Å². The van der Waals surface area contributed by atoms with E-state index in [2.05, 4.69) is 5.10 Å². The van der Waals surface area contributed by atoms with Crippen LogP contribution in [0.5, 0.6) is 0 Å². The third kappa shape index (κ3) is 3.85. The maximum atomic E-state index is 14.8. The van der Waals surface area contributed by atoms with Gasteiger partial charge in [-0.2, -0.15) is 23.0 Å². The lowest BCUT2D eigenvalue weighted by Crippen LogP contribution is -2.22. The standard InChI is InChI=1S/C22H17ClF4N2O3/c23-14-4-1-3-13(22(25,26)27)17(14)20(30)29-16-6-2-5-15(24)18(16)19(28-29)11-7-9-12(10-8-11)21(31)32/h1-6,11-12H,7-10H2,(H,31,32). The van der Waals surface area contributed by atoms with E-state index in [1.807, 2.05) is 0 Å². The summed E-state index contributed by atoms with van der Waals surface area (Å²) in [6.45, 7) is 0. The van der Waals surface area contributed by atoms with Crippen LogP contribution in [0.25, 0.3) is 10.9 Å². The van der Waals surface area contributed by atoms with Crippen LogP contribution in [0.3, 0.4) is 0 Å². The van der Waals surface area contributed by atoms with E-state index < -0.39 is 45.9 Å². The summed E-state index contributed by atoms with van der Waals surface area (Å²) in [5.41, 5.74) is -1.72. The van der Waals surface area contributed by atoms with Crippen LogP contribution in [0.15, 0.2) is 36.4 Å². The van der Waals surface area contributed by atoms with E-state index in [1.54, 1.807) is 0 Å². The Morgan fingerprint density at radius 2 is 1.72 bits per heavy atom. The Hall–Kier alpha value is -2.94. The van der Waals surface area contributed by atoms with Crippen molar-refractivity contribution < 1.29 is 32.3 Å². The molecule has 10 heteroatoms. The molecule has 3 aromatic rings. The number of hydrogen-bond acceptors (Lipinski definition) is 3. The molecule has 2 aromatic carbocycles. The second-order valence-corrected chi connectivity index (χ2v) is 8.19. The molecule has 1 aliphatic carbocycles. The Kier molecular flexibility index (Phi) is 5.70. The van der Waals surface area contributed by atoms with Crippen molar-refractivity contribution in [3.63, 3.8) is 0 Å². The molecule has 0 radical (unpaired) electrons. The summed E-state index contributed by atoms with van der Waals surface area (Å²) in [4.78, 5) is 24.4. The number of carbonyl (C=O) groups is 2. The second kappa shape index (κ2) is 8.20. The van der Waals surface area contributed by atoms with Gasteiger partial charge in [-0.15, -0.1) is 0 Å². The van der Waals surface area contributed by atoms with E-state index in [0.717, 1.165) is 16.8 Å². The predicted molar refractivity (Wildman–Crippen MR) is 108 cm³/mol. The van der Waals surface area contributed by atoms with Crippen LogP contribution in [-0.2, 0) is 11.0 Å². The van der Waals surface area contributed by atoms with Crippen molar-refractivity contribution in [3.8, 4) is 0 Å². The van der Waals surface area contributed by atoms with E-state index in [4.69, 9.17) is 11.6 Å². The van der Waals surface area contributed by atoms with Crippen molar-refractivity contribution in [2.24, 2.45) is 5.92 Å². The molecule has 1 N–H and O–H groups in total. The fourth-order valence-corrected chi connectivity index (χ4v) is 4.55. The van der Waals surface area contributed by atoms with Gasteiger partial charge in [0.2, 0.25) is 0 Å². The minimum absolute atomic E-state index is 0.0263. The summed E-state index contributed by atoms with van der Waals surface area (Å²) in [6.07, 6.45) is -3.29. The fourth-order valence-electron chi connectivity index (χ4n) is 4.29. The Labute approximate surface area is 184 Å². The number of nitrogens with zero attached hydrogens (tertiary/aromatic N) is 2. The lowest BCUT2D eigenvalue weighted by Gasteiger charge is -2.25. The van der Waals surface area contributed by atoms with Crippen molar-refractivity contribution in [2.75, 3.05) is 0 Å². The van der Waals surface area contributed by atoms with Gasteiger partial charge < -0.3 is 5.11 Å². The molecule has 0 saturated heterocycles. The largest absolute Gasteiger partial charge is 0.481 e. The zero-order chi connectivity index (χ0) is 23.2. The minimum Gasteiger partial charge on any atom is -0.481 e. The molecule has 0 bridgehead atoms. The third-order valence-corrected chi connectivity index (χ3v) is 6.19. The number of carboxylic acid groups (broad SMARTS) is 1. The van der Waals surface area contributed by atoms with Gasteiger partial charge in [-0.3, -0.25) is 9.59 Å². The molecule has 1 heterocycles. The minimum atomic E-state index is -4.83. The number of halogens is 5. The summed E-state index contributed by atoms with van der Waals surface area (Å²) in [5, 5.41) is 13.1. The van der Waals surface area contributed by atoms with Crippen molar-refractivity contribution in [2.45, 2.75) is 37.8 Å². The summed E-state index contributed by atoms with van der Waals surface area (Å²) >= 11 is 5.97. The molecule has 0 spiro atoms. The van der Waals surface area contributed by atoms with Crippen molar-refractivity contribution in [1.82, 2.24) is 9.78 Å². The lowest BCUT2D eigenvalue weighted by molar-refractivity contribution is -0.143. The number of fused-ring (bicyclic) bond motifs is 1. The smallest absolute Gasteiger partial charge is 0.417 e. The molecule has 32 heavy (non-hydrogen) atoms. The summed E-state index contributed by atoms with van der Waals surface area (Å²) in [6, 6.07) is 6.94. The molecule has 5 nitrogen and oxygen atoms in total. The maximum Gasteiger partial charge on any atom is 0.417 e. The van der Waals surface area contributed by atoms with E-state index in [-0.39, 0.29) is 22.5 Å². The molecule has 0 aliphatic heterocycles. The molecule has 1 fully saturated rings. The average molecular weight is 469 g/mol. The first-order valence-electron chi connectivity index (χ1n) is 9.90. The predicted octanol–water partition coefficient (Wildman–Crippen LogP) is 5.89. The molecule has 168 valence electrons. The van der Waals surface area contributed by atoms with Crippen LogP contribution in [0.1, 0.15) is 53.2 Å². The van der Waals surface area contributed by atoms with E-state index in [1.165, 1.54) is 24.3 Å². The SMILES string of the molecule is O=C(O)C1CCC(c2nn(C(=O)c3c(Cl)cccc3C(F)(F)F)c3cccc(F)c23)CC1. The van der Waals surface area contributed by atoms with Crippen LogP contribution in [0, 0.1) is 11.7 Å². The van der Waals surface area contributed by atoms with Crippen LogP contribution < -0.4 is 0 Å². The molecule has 1 aromatic heterocycles. The first-order chi connectivity index (χ1) is 15.1. The van der Waals surface area contributed by atoms with E-state index >= 15 is 0 Å². The Morgan fingerprint density at radius 3 is 2.34 bits per heavy atom. The quantitative estimate of drug-likeness (QED) is 0.486. The first-order valence-corrected chi connectivity index (χ1v) is 10.3. The molecule has 0 atom stereocenters. The Morgan fingerprint density at radius 1 is 1.06 bits per heavy atom. The zero-order valence-electron chi connectivity index (χ0n) is 16.5. The number of alkyl halides is 3. The Bertz CT molecular complexity index is 1210. The number of carbonyl (C=O) groups excluding carboxylic acids is 1. The summed E-state index contributed by atoms with van der Waals surface area (Å²) < 4.78 is 56.1. The number of carboxylic acids is 1. The van der Waals surface area contributed by atoms with Crippen LogP contribution in [0.4, 0.5) is 17.6 Å². The molecule has 0 unspecified atom stereocenters. The van der Waals surface area contributed by atoms with Gasteiger partial charge in [-0.1, -0.05) is 23.7 Å². The number of rotatable bonds is 3. The monoisotopic (exact) mass is 468 g/mol. The van der Waals surface area contributed by atoms with Gasteiger partial charge in [0, 0.05) is 5.92 Å². The molecule has 1 aliphatic rings. The highest BCUT2D eigenvalue weighted by molar-refractivity contribution is 6.34. The lowest BCUT2D eigenvalue weighted by atomic mass is 9.80. The zero-order valence-corrected chi connectivity index (χ0v) is 17.3. The van der Waals surface area contributed by atoms with E-state index in [0.29, 0.717) is 25.7 Å².